The van der Waals surface area contributed by atoms with E-state index in [0.29, 0.717) is 6.42 Å². The maximum atomic E-state index is 12.6. The summed E-state index contributed by atoms with van der Waals surface area (Å²) in [4.78, 5) is 12.0. The summed E-state index contributed by atoms with van der Waals surface area (Å²) in [5.41, 5.74) is 4.94. The Morgan fingerprint density at radius 2 is 1.85 bits per heavy atom. The Morgan fingerprint density at radius 1 is 1.09 bits per heavy atom. The SMILES string of the molecule is CN(C)S(=O)(=O)c1cccc(-c2csc3cnc(Cc4ccc(N5CCOCC5)cc4)nc23)c1. The van der Waals surface area contributed by atoms with Gasteiger partial charge in [0.25, 0.3) is 0 Å². The van der Waals surface area contributed by atoms with Crippen molar-refractivity contribution in [3.05, 3.63) is 71.5 Å². The number of rotatable bonds is 6. The number of benzene rings is 2. The first-order valence-electron chi connectivity index (χ1n) is 11.1. The van der Waals surface area contributed by atoms with Crippen LogP contribution in [0.5, 0.6) is 0 Å². The molecule has 176 valence electrons. The number of sulfonamides is 1. The Morgan fingerprint density at radius 3 is 2.59 bits per heavy atom. The zero-order chi connectivity index (χ0) is 23.7. The molecule has 0 amide bonds. The van der Waals surface area contributed by atoms with Gasteiger partial charge in [-0.3, -0.25) is 0 Å². The Hall–Kier alpha value is -2.85. The van der Waals surface area contributed by atoms with Crippen LogP contribution < -0.4 is 4.90 Å². The van der Waals surface area contributed by atoms with Crippen LogP contribution in [0, 0.1) is 0 Å². The molecule has 0 bridgehead atoms. The predicted octanol–water partition coefficient (Wildman–Crippen LogP) is 4.04. The molecule has 1 fully saturated rings. The summed E-state index contributed by atoms with van der Waals surface area (Å²) in [6.07, 6.45) is 2.48. The zero-order valence-corrected chi connectivity index (χ0v) is 20.8. The highest BCUT2D eigenvalue weighted by atomic mass is 32.2. The molecule has 2 aromatic carbocycles. The number of morpholine rings is 1. The molecule has 0 atom stereocenters. The third-order valence-electron chi connectivity index (χ3n) is 5.96. The second-order valence-electron chi connectivity index (χ2n) is 8.41. The fourth-order valence-electron chi connectivity index (χ4n) is 4.02. The van der Waals surface area contributed by atoms with E-state index in [-0.39, 0.29) is 4.90 Å². The van der Waals surface area contributed by atoms with Gasteiger partial charge in [-0.1, -0.05) is 24.3 Å². The summed E-state index contributed by atoms with van der Waals surface area (Å²) < 4.78 is 32.8. The molecule has 0 N–H and O–H groups in total. The fourth-order valence-corrected chi connectivity index (χ4v) is 5.84. The van der Waals surface area contributed by atoms with Crippen molar-refractivity contribution in [1.82, 2.24) is 14.3 Å². The maximum Gasteiger partial charge on any atom is 0.242 e. The van der Waals surface area contributed by atoms with Crippen LogP contribution in [0.1, 0.15) is 11.4 Å². The van der Waals surface area contributed by atoms with Crippen molar-refractivity contribution < 1.29 is 13.2 Å². The van der Waals surface area contributed by atoms with Gasteiger partial charge in [0.15, 0.2) is 0 Å². The van der Waals surface area contributed by atoms with Gasteiger partial charge in [-0.15, -0.1) is 11.3 Å². The normalized spacial score (nSPS) is 14.7. The average Bonchev–Trinajstić information content (AvgIpc) is 3.28. The molecule has 5 rings (SSSR count). The van der Waals surface area contributed by atoms with Crippen LogP contribution >= 0.6 is 11.3 Å². The van der Waals surface area contributed by atoms with Gasteiger partial charge in [-0.2, -0.15) is 0 Å². The largest absolute Gasteiger partial charge is 0.378 e. The number of thiophene rings is 1. The van der Waals surface area contributed by atoms with Crippen LogP contribution in [-0.2, 0) is 21.2 Å². The number of fused-ring (bicyclic) bond motifs is 1. The summed E-state index contributed by atoms with van der Waals surface area (Å²) in [5.74, 6) is 0.739. The topological polar surface area (TPSA) is 75.6 Å². The molecular formula is C25H26N4O3S2. The predicted molar refractivity (Wildman–Crippen MR) is 136 cm³/mol. The molecule has 0 unspecified atom stereocenters. The van der Waals surface area contributed by atoms with Crippen molar-refractivity contribution in [2.75, 3.05) is 45.3 Å². The van der Waals surface area contributed by atoms with E-state index in [1.165, 1.54) is 24.1 Å². The van der Waals surface area contributed by atoms with Crippen LogP contribution in [0.15, 0.2) is 65.0 Å². The van der Waals surface area contributed by atoms with Crippen LogP contribution in [0.4, 0.5) is 5.69 Å². The Labute approximate surface area is 203 Å². The molecule has 0 aliphatic carbocycles. The van der Waals surface area contributed by atoms with E-state index in [9.17, 15) is 8.42 Å². The molecular weight excluding hydrogens is 468 g/mol. The second-order valence-corrected chi connectivity index (χ2v) is 11.5. The maximum absolute atomic E-state index is 12.6. The third kappa shape index (κ3) is 4.56. The molecule has 0 spiro atoms. The first-order valence-corrected chi connectivity index (χ1v) is 13.4. The van der Waals surface area contributed by atoms with Crippen molar-refractivity contribution in [3.63, 3.8) is 0 Å². The summed E-state index contributed by atoms with van der Waals surface area (Å²) in [7, 11) is -0.437. The lowest BCUT2D eigenvalue weighted by molar-refractivity contribution is 0.122. The Kier molecular flexibility index (Phi) is 6.35. The fraction of sp³-hybridized carbons (Fsp3) is 0.280. The summed E-state index contributed by atoms with van der Waals surface area (Å²) in [6.45, 7) is 3.36. The van der Waals surface area contributed by atoms with Gasteiger partial charge in [0, 0.05) is 56.4 Å². The van der Waals surface area contributed by atoms with E-state index in [2.05, 4.69) is 34.1 Å². The van der Waals surface area contributed by atoms with Crippen molar-refractivity contribution >= 4 is 37.3 Å². The molecule has 7 nitrogen and oxygen atoms in total. The van der Waals surface area contributed by atoms with Crippen molar-refractivity contribution in [1.29, 1.82) is 0 Å². The quantitative estimate of drug-likeness (QED) is 0.403. The van der Waals surface area contributed by atoms with E-state index < -0.39 is 10.0 Å². The number of hydrogen-bond donors (Lipinski definition) is 0. The minimum atomic E-state index is -3.51. The zero-order valence-electron chi connectivity index (χ0n) is 19.1. The van der Waals surface area contributed by atoms with Crippen molar-refractivity contribution in [2.45, 2.75) is 11.3 Å². The summed E-state index contributed by atoms with van der Waals surface area (Å²) >= 11 is 1.56. The van der Waals surface area contributed by atoms with Crippen LogP contribution in [-0.4, -0.2) is 63.1 Å². The van der Waals surface area contributed by atoms with Crippen molar-refractivity contribution in [3.8, 4) is 11.1 Å². The molecule has 4 aromatic rings. The number of aromatic nitrogens is 2. The van der Waals surface area contributed by atoms with Crippen LogP contribution in [0.25, 0.3) is 21.3 Å². The molecule has 1 aliphatic heterocycles. The molecule has 34 heavy (non-hydrogen) atoms. The number of hydrogen-bond acceptors (Lipinski definition) is 7. The molecule has 3 heterocycles. The molecule has 9 heteroatoms. The smallest absolute Gasteiger partial charge is 0.242 e. The number of ether oxygens (including phenoxy) is 1. The van der Waals surface area contributed by atoms with Crippen LogP contribution in [0.3, 0.4) is 0 Å². The number of anilines is 1. The van der Waals surface area contributed by atoms with Crippen molar-refractivity contribution in [2.24, 2.45) is 0 Å². The molecule has 1 aliphatic rings. The second kappa shape index (κ2) is 9.42. The van der Waals surface area contributed by atoms with E-state index in [1.807, 2.05) is 17.6 Å². The monoisotopic (exact) mass is 494 g/mol. The lowest BCUT2D eigenvalue weighted by Crippen LogP contribution is -2.36. The minimum Gasteiger partial charge on any atom is -0.378 e. The minimum absolute atomic E-state index is 0.268. The average molecular weight is 495 g/mol. The van der Waals surface area contributed by atoms with E-state index in [1.54, 1.807) is 29.5 Å². The lowest BCUT2D eigenvalue weighted by Gasteiger charge is -2.28. The van der Waals surface area contributed by atoms with Gasteiger partial charge in [-0.05, 0) is 35.4 Å². The molecule has 2 aromatic heterocycles. The highest BCUT2D eigenvalue weighted by Gasteiger charge is 2.19. The van der Waals surface area contributed by atoms with Gasteiger partial charge in [0.2, 0.25) is 10.0 Å². The summed E-state index contributed by atoms with van der Waals surface area (Å²) in [5, 5.41) is 2.02. The van der Waals surface area contributed by atoms with Gasteiger partial charge < -0.3 is 9.64 Å². The highest BCUT2D eigenvalue weighted by molar-refractivity contribution is 7.89. The first-order chi connectivity index (χ1) is 16.4. The third-order valence-corrected chi connectivity index (χ3v) is 8.68. The molecule has 1 saturated heterocycles. The molecule has 0 radical (unpaired) electrons. The standard InChI is InChI=1S/C25H26N4O3S2/c1-28(2)34(30,31)21-5-3-4-19(15-21)22-17-33-23-16-26-24(27-25(22)23)14-18-6-8-20(9-7-18)29-10-12-32-13-11-29/h3-9,15-17H,10-14H2,1-2H3. The van der Waals surface area contributed by atoms with Gasteiger partial charge >= 0.3 is 0 Å². The van der Waals surface area contributed by atoms with Gasteiger partial charge in [-0.25, -0.2) is 22.7 Å². The van der Waals surface area contributed by atoms with Crippen LogP contribution in [0.2, 0.25) is 0 Å². The Balaban J connectivity index is 1.42. The lowest BCUT2D eigenvalue weighted by atomic mass is 10.1. The van der Waals surface area contributed by atoms with Gasteiger partial charge in [0.05, 0.1) is 28.3 Å². The number of nitrogens with zero attached hydrogens (tertiary/aromatic N) is 4. The van der Waals surface area contributed by atoms with E-state index in [0.717, 1.165) is 59.0 Å². The molecule has 0 saturated carbocycles. The first kappa shape index (κ1) is 22.9. The highest BCUT2D eigenvalue weighted by Crippen LogP contribution is 2.34. The van der Waals surface area contributed by atoms with E-state index >= 15 is 0 Å². The summed E-state index contributed by atoms with van der Waals surface area (Å²) in [6, 6.07) is 15.6. The van der Waals surface area contributed by atoms with Gasteiger partial charge in [0.1, 0.15) is 5.82 Å². The van der Waals surface area contributed by atoms with E-state index in [4.69, 9.17) is 9.72 Å². The Bertz CT molecular complexity index is 1410.